The molecule has 0 spiro atoms. The Hall–Kier alpha value is -0.540. The van der Waals surface area contributed by atoms with Gasteiger partial charge < -0.3 is 5.32 Å². The number of halogens is 2. The first-order valence-corrected chi connectivity index (χ1v) is 7.91. The van der Waals surface area contributed by atoms with Crippen LogP contribution in [0, 0.1) is 0 Å². The average molecular weight is 304 g/mol. The van der Waals surface area contributed by atoms with Crippen molar-refractivity contribution in [2.24, 2.45) is 0 Å². The van der Waals surface area contributed by atoms with Gasteiger partial charge in [0.05, 0.1) is 6.20 Å². The Morgan fingerprint density at radius 1 is 1.00 bits per heavy atom. The number of rotatable bonds is 10. The first kappa shape index (κ1) is 16.5. The molecule has 1 aromatic rings. The largest absolute Gasteiger partial charge is 0.369 e. The van der Waals surface area contributed by atoms with Gasteiger partial charge in [-0.2, -0.15) is 4.98 Å². The van der Waals surface area contributed by atoms with Crippen molar-refractivity contribution in [3.05, 3.63) is 16.5 Å². The Labute approximate surface area is 126 Å². The first-order valence-electron chi connectivity index (χ1n) is 7.16. The summed E-state index contributed by atoms with van der Waals surface area (Å²) in [7, 11) is 0. The number of hydrogen-bond acceptors (Lipinski definition) is 3. The van der Waals surface area contributed by atoms with Crippen LogP contribution in [0.3, 0.4) is 0 Å². The third-order valence-corrected chi connectivity index (χ3v) is 3.50. The topological polar surface area (TPSA) is 37.8 Å². The fourth-order valence-electron chi connectivity index (χ4n) is 1.94. The van der Waals surface area contributed by atoms with E-state index < -0.39 is 0 Å². The number of anilines is 1. The lowest BCUT2D eigenvalue weighted by atomic mass is 10.1. The quantitative estimate of drug-likeness (QED) is 0.468. The van der Waals surface area contributed by atoms with Crippen molar-refractivity contribution < 1.29 is 0 Å². The van der Waals surface area contributed by atoms with Crippen molar-refractivity contribution in [2.75, 3.05) is 11.9 Å². The van der Waals surface area contributed by atoms with Crippen LogP contribution in [0.4, 0.5) is 5.82 Å². The van der Waals surface area contributed by atoms with Crippen LogP contribution >= 0.6 is 23.2 Å². The second-order valence-electron chi connectivity index (χ2n) is 4.74. The maximum atomic E-state index is 5.96. The summed E-state index contributed by atoms with van der Waals surface area (Å²) in [6, 6.07) is 0. The summed E-state index contributed by atoms with van der Waals surface area (Å²) in [4.78, 5) is 7.87. The molecular formula is C14H23Cl2N3. The van der Waals surface area contributed by atoms with E-state index in [9.17, 15) is 0 Å². The van der Waals surface area contributed by atoms with E-state index in [-0.39, 0.29) is 5.28 Å². The molecule has 0 saturated heterocycles. The molecule has 1 aromatic heterocycles. The van der Waals surface area contributed by atoms with Crippen molar-refractivity contribution in [2.45, 2.75) is 58.3 Å². The van der Waals surface area contributed by atoms with Gasteiger partial charge in [0.25, 0.3) is 0 Å². The fourth-order valence-corrected chi connectivity index (χ4v) is 2.23. The normalized spacial score (nSPS) is 10.7. The van der Waals surface area contributed by atoms with Crippen molar-refractivity contribution in [3.8, 4) is 0 Å². The van der Waals surface area contributed by atoms with Gasteiger partial charge in [-0.25, -0.2) is 4.98 Å². The highest BCUT2D eigenvalue weighted by molar-refractivity contribution is 6.33. The summed E-state index contributed by atoms with van der Waals surface area (Å²) < 4.78 is 0. The summed E-state index contributed by atoms with van der Waals surface area (Å²) in [6.45, 7) is 3.12. The van der Waals surface area contributed by atoms with Gasteiger partial charge in [-0.3, -0.25) is 0 Å². The second-order valence-corrected chi connectivity index (χ2v) is 5.48. The summed E-state index contributed by atoms with van der Waals surface area (Å²) in [5.74, 6) is 0.629. The molecule has 0 bridgehead atoms. The monoisotopic (exact) mass is 303 g/mol. The minimum absolute atomic E-state index is 0.225. The van der Waals surface area contributed by atoms with Crippen LogP contribution in [0.15, 0.2) is 6.20 Å². The Kier molecular flexibility index (Phi) is 8.93. The maximum absolute atomic E-state index is 5.96. The van der Waals surface area contributed by atoms with E-state index >= 15 is 0 Å². The van der Waals surface area contributed by atoms with E-state index in [2.05, 4.69) is 22.2 Å². The van der Waals surface area contributed by atoms with Gasteiger partial charge in [0.1, 0.15) is 10.8 Å². The first-order chi connectivity index (χ1) is 9.24. The SMILES string of the molecule is CCCCCCCCCCNc1nc(Cl)ncc1Cl. The van der Waals surface area contributed by atoms with E-state index in [1.807, 2.05) is 0 Å². The van der Waals surface area contributed by atoms with Gasteiger partial charge in [0, 0.05) is 6.54 Å². The predicted octanol–water partition coefficient (Wildman–Crippen LogP) is 5.34. The van der Waals surface area contributed by atoms with Crippen molar-refractivity contribution in [3.63, 3.8) is 0 Å². The molecule has 1 rings (SSSR count). The number of aromatic nitrogens is 2. The molecule has 0 aliphatic rings. The highest BCUT2D eigenvalue weighted by Crippen LogP contribution is 2.19. The van der Waals surface area contributed by atoms with Crippen molar-refractivity contribution >= 4 is 29.0 Å². The third kappa shape index (κ3) is 7.58. The number of unbranched alkanes of at least 4 members (excludes halogenated alkanes) is 7. The van der Waals surface area contributed by atoms with E-state index in [1.165, 1.54) is 51.1 Å². The van der Waals surface area contributed by atoms with Crippen molar-refractivity contribution in [1.29, 1.82) is 0 Å². The molecule has 0 aliphatic carbocycles. The number of nitrogens with one attached hydrogen (secondary N) is 1. The van der Waals surface area contributed by atoms with Crippen LogP contribution in [0.5, 0.6) is 0 Å². The molecule has 108 valence electrons. The third-order valence-electron chi connectivity index (χ3n) is 3.04. The molecule has 0 saturated carbocycles. The minimum atomic E-state index is 0.225. The zero-order valence-electron chi connectivity index (χ0n) is 11.6. The molecule has 0 radical (unpaired) electrons. The molecule has 0 aliphatic heterocycles. The number of hydrogen-bond donors (Lipinski definition) is 1. The predicted molar refractivity (Wildman–Crippen MR) is 83.2 cm³/mol. The van der Waals surface area contributed by atoms with Crippen LogP contribution < -0.4 is 5.32 Å². The Morgan fingerprint density at radius 3 is 2.32 bits per heavy atom. The molecular weight excluding hydrogens is 281 g/mol. The molecule has 19 heavy (non-hydrogen) atoms. The lowest BCUT2D eigenvalue weighted by Gasteiger charge is -2.07. The molecule has 0 atom stereocenters. The highest BCUT2D eigenvalue weighted by atomic mass is 35.5. The average Bonchev–Trinajstić information content (AvgIpc) is 2.40. The second kappa shape index (κ2) is 10.3. The zero-order valence-corrected chi connectivity index (χ0v) is 13.1. The van der Waals surface area contributed by atoms with Crippen LogP contribution in [0.25, 0.3) is 0 Å². The summed E-state index contributed by atoms with van der Waals surface area (Å²) in [5, 5.41) is 3.94. The van der Waals surface area contributed by atoms with Crippen LogP contribution in [-0.2, 0) is 0 Å². The molecule has 1 N–H and O–H groups in total. The summed E-state index contributed by atoms with van der Waals surface area (Å²) >= 11 is 11.7. The van der Waals surface area contributed by atoms with Gasteiger partial charge in [0.15, 0.2) is 0 Å². The Balaban J connectivity index is 2.03. The standard InChI is InChI=1S/C14H23Cl2N3/c1-2-3-4-5-6-7-8-9-10-17-13-12(15)11-18-14(16)19-13/h11H,2-10H2,1H3,(H,17,18,19). The minimum Gasteiger partial charge on any atom is -0.369 e. The molecule has 0 fully saturated rings. The lowest BCUT2D eigenvalue weighted by Crippen LogP contribution is -2.04. The molecule has 5 heteroatoms. The van der Waals surface area contributed by atoms with E-state index in [0.29, 0.717) is 10.8 Å². The highest BCUT2D eigenvalue weighted by Gasteiger charge is 2.02. The Bertz CT molecular complexity index is 359. The lowest BCUT2D eigenvalue weighted by molar-refractivity contribution is 0.581. The van der Waals surface area contributed by atoms with Crippen molar-refractivity contribution in [1.82, 2.24) is 9.97 Å². The van der Waals surface area contributed by atoms with Gasteiger partial charge in [-0.1, -0.05) is 63.5 Å². The molecule has 0 aromatic carbocycles. The smallest absolute Gasteiger partial charge is 0.224 e. The van der Waals surface area contributed by atoms with Gasteiger partial charge in [0.2, 0.25) is 5.28 Å². The van der Waals surface area contributed by atoms with E-state index in [1.54, 1.807) is 0 Å². The maximum Gasteiger partial charge on any atom is 0.224 e. The molecule has 0 amide bonds. The van der Waals surface area contributed by atoms with Gasteiger partial charge >= 0.3 is 0 Å². The summed E-state index contributed by atoms with van der Waals surface area (Å²) in [5.41, 5.74) is 0. The molecule has 0 unspecified atom stereocenters. The van der Waals surface area contributed by atoms with Gasteiger partial charge in [-0.15, -0.1) is 0 Å². The zero-order chi connectivity index (χ0) is 13.9. The summed E-state index contributed by atoms with van der Waals surface area (Å²) in [6.07, 6.45) is 12.0. The van der Waals surface area contributed by atoms with Crippen LogP contribution in [0.1, 0.15) is 58.3 Å². The molecule has 3 nitrogen and oxygen atoms in total. The Morgan fingerprint density at radius 2 is 1.63 bits per heavy atom. The number of nitrogens with zero attached hydrogens (tertiary/aromatic N) is 2. The van der Waals surface area contributed by atoms with E-state index in [0.717, 1.165) is 13.0 Å². The van der Waals surface area contributed by atoms with Gasteiger partial charge in [-0.05, 0) is 18.0 Å². The van der Waals surface area contributed by atoms with Crippen LogP contribution in [0.2, 0.25) is 10.3 Å². The van der Waals surface area contributed by atoms with Crippen LogP contribution in [-0.4, -0.2) is 16.5 Å². The van der Waals surface area contributed by atoms with E-state index in [4.69, 9.17) is 23.2 Å². The fraction of sp³-hybridized carbons (Fsp3) is 0.714. The molecule has 1 heterocycles.